The standard InChI is InChI=1S/C18H17N3O3S3/c1-13-7-9-15(10-8-13)27(23,24)12-16(22)19-17-20-21-18(26-17)25-11-14-5-3-2-4-6-14/h2-10H,11-12H2,1H3,(H,19,20,22). The van der Waals surface area contributed by atoms with Crippen LogP contribution in [0.15, 0.2) is 63.8 Å². The van der Waals surface area contributed by atoms with Crippen molar-refractivity contribution >= 4 is 44.0 Å². The first kappa shape index (κ1) is 19.5. The van der Waals surface area contributed by atoms with Crippen LogP contribution in [-0.4, -0.2) is 30.3 Å². The third-order valence-electron chi connectivity index (χ3n) is 3.56. The molecule has 9 heteroatoms. The number of carbonyl (C=O) groups excluding carboxylic acids is 1. The zero-order valence-electron chi connectivity index (χ0n) is 14.5. The fourth-order valence-electron chi connectivity index (χ4n) is 2.19. The molecule has 0 saturated heterocycles. The van der Waals surface area contributed by atoms with E-state index in [0.29, 0.717) is 4.34 Å². The van der Waals surface area contributed by atoms with Gasteiger partial charge in [0.1, 0.15) is 5.75 Å². The number of hydrogen-bond acceptors (Lipinski definition) is 7. The fraction of sp³-hybridized carbons (Fsp3) is 0.167. The molecule has 3 aromatic rings. The van der Waals surface area contributed by atoms with Crippen molar-refractivity contribution in [2.45, 2.75) is 21.9 Å². The summed E-state index contributed by atoms with van der Waals surface area (Å²) < 4.78 is 25.3. The van der Waals surface area contributed by atoms with Crippen molar-refractivity contribution in [3.63, 3.8) is 0 Å². The van der Waals surface area contributed by atoms with Crippen LogP contribution in [0.4, 0.5) is 5.13 Å². The van der Waals surface area contributed by atoms with Crippen molar-refractivity contribution in [1.29, 1.82) is 0 Å². The number of aromatic nitrogens is 2. The molecular weight excluding hydrogens is 402 g/mol. The summed E-state index contributed by atoms with van der Waals surface area (Å²) in [6, 6.07) is 16.3. The predicted octanol–water partition coefficient (Wildman–Crippen LogP) is 3.55. The van der Waals surface area contributed by atoms with Gasteiger partial charge in [0.25, 0.3) is 0 Å². The van der Waals surface area contributed by atoms with Crippen LogP contribution < -0.4 is 5.32 Å². The van der Waals surface area contributed by atoms with Gasteiger partial charge in [0.2, 0.25) is 11.0 Å². The fourth-order valence-corrected chi connectivity index (χ4v) is 5.05. The van der Waals surface area contributed by atoms with Gasteiger partial charge < -0.3 is 0 Å². The summed E-state index contributed by atoms with van der Waals surface area (Å²) in [7, 11) is -3.70. The third kappa shape index (κ3) is 5.62. The molecule has 0 radical (unpaired) electrons. The van der Waals surface area contributed by atoms with E-state index in [1.165, 1.54) is 35.2 Å². The number of carbonyl (C=O) groups is 1. The Morgan fingerprint density at radius 2 is 1.78 bits per heavy atom. The molecule has 0 spiro atoms. The highest BCUT2D eigenvalue weighted by molar-refractivity contribution is 8.00. The Labute approximate surface area is 166 Å². The minimum Gasteiger partial charge on any atom is -0.300 e. The SMILES string of the molecule is Cc1ccc(S(=O)(=O)CC(=O)Nc2nnc(SCc3ccccc3)s2)cc1. The van der Waals surface area contributed by atoms with Gasteiger partial charge in [-0.05, 0) is 24.6 Å². The predicted molar refractivity (Wildman–Crippen MR) is 108 cm³/mol. The number of nitrogens with zero attached hydrogens (tertiary/aromatic N) is 2. The lowest BCUT2D eigenvalue weighted by atomic mass is 10.2. The van der Waals surface area contributed by atoms with Crippen molar-refractivity contribution in [2.75, 3.05) is 11.1 Å². The molecule has 1 amide bonds. The zero-order chi connectivity index (χ0) is 19.3. The number of sulfone groups is 1. The molecule has 140 valence electrons. The van der Waals surface area contributed by atoms with Gasteiger partial charge in [-0.25, -0.2) is 8.42 Å². The van der Waals surface area contributed by atoms with E-state index in [2.05, 4.69) is 15.5 Å². The van der Waals surface area contributed by atoms with E-state index in [0.717, 1.165) is 16.9 Å². The Morgan fingerprint density at radius 1 is 1.07 bits per heavy atom. The molecule has 1 aromatic heterocycles. The summed E-state index contributed by atoms with van der Waals surface area (Å²) in [4.78, 5) is 12.2. The maximum atomic E-state index is 12.3. The van der Waals surface area contributed by atoms with E-state index in [-0.39, 0.29) is 10.0 Å². The van der Waals surface area contributed by atoms with Gasteiger partial charge in [-0.3, -0.25) is 10.1 Å². The Morgan fingerprint density at radius 3 is 2.48 bits per heavy atom. The number of rotatable bonds is 7. The molecule has 1 N–H and O–H groups in total. The molecule has 6 nitrogen and oxygen atoms in total. The Balaban J connectivity index is 1.56. The van der Waals surface area contributed by atoms with Gasteiger partial charge >= 0.3 is 0 Å². The second kappa shape index (κ2) is 8.64. The molecule has 1 heterocycles. The van der Waals surface area contributed by atoms with Crippen LogP contribution in [0, 0.1) is 6.92 Å². The lowest BCUT2D eigenvalue weighted by Crippen LogP contribution is -2.23. The number of benzene rings is 2. The first-order valence-corrected chi connectivity index (χ1v) is 11.5. The first-order chi connectivity index (χ1) is 12.9. The molecule has 0 unspecified atom stereocenters. The van der Waals surface area contributed by atoms with Gasteiger partial charge in [0.05, 0.1) is 4.90 Å². The largest absolute Gasteiger partial charge is 0.300 e. The molecule has 0 bridgehead atoms. The molecule has 27 heavy (non-hydrogen) atoms. The van der Waals surface area contributed by atoms with Crippen LogP contribution in [0.2, 0.25) is 0 Å². The Kier molecular flexibility index (Phi) is 6.25. The quantitative estimate of drug-likeness (QED) is 0.465. The number of thioether (sulfide) groups is 1. The highest BCUT2D eigenvalue weighted by Crippen LogP contribution is 2.28. The summed E-state index contributed by atoms with van der Waals surface area (Å²) in [5.41, 5.74) is 2.11. The van der Waals surface area contributed by atoms with E-state index in [9.17, 15) is 13.2 Å². The summed E-state index contributed by atoms with van der Waals surface area (Å²) >= 11 is 2.73. The summed E-state index contributed by atoms with van der Waals surface area (Å²) in [5.74, 6) is -0.529. The maximum absolute atomic E-state index is 12.3. The lowest BCUT2D eigenvalue weighted by Gasteiger charge is -2.04. The minimum atomic E-state index is -3.70. The Hall–Kier alpha value is -2.23. The summed E-state index contributed by atoms with van der Waals surface area (Å²) in [6.45, 7) is 1.87. The molecule has 0 fully saturated rings. The molecule has 3 rings (SSSR count). The van der Waals surface area contributed by atoms with Gasteiger partial charge in [0.15, 0.2) is 14.2 Å². The molecule has 0 aliphatic carbocycles. The van der Waals surface area contributed by atoms with Crippen LogP contribution in [0.25, 0.3) is 0 Å². The van der Waals surface area contributed by atoms with Crippen molar-refractivity contribution in [1.82, 2.24) is 10.2 Å². The van der Waals surface area contributed by atoms with Gasteiger partial charge in [-0.2, -0.15) is 0 Å². The van der Waals surface area contributed by atoms with Crippen LogP contribution in [-0.2, 0) is 20.4 Å². The average molecular weight is 420 g/mol. The van der Waals surface area contributed by atoms with Crippen molar-refractivity contribution < 1.29 is 13.2 Å². The second-order valence-corrected chi connectivity index (χ2v) is 9.96. The second-order valence-electron chi connectivity index (χ2n) is 5.77. The maximum Gasteiger partial charge on any atom is 0.241 e. The van der Waals surface area contributed by atoms with Crippen LogP contribution in [0.3, 0.4) is 0 Å². The lowest BCUT2D eigenvalue weighted by molar-refractivity contribution is -0.113. The van der Waals surface area contributed by atoms with Crippen molar-refractivity contribution in [3.8, 4) is 0 Å². The summed E-state index contributed by atoms with van der Waals surface area (Å²) in [5, 5.41) is 10.7. The highest BCUT2D eigenvalue weighted by Gasteiger charge is 2.20. The molecule has 0 aliphatic heterocycles. The number of amides is 1. The highest BCUT2D eigenvalue weighted by atomic mass is 32.2. The molecule has 0 aliphatic rings. The van der Waals surface area contributed by atoms with E-state index in [1.807, 2.05) is 37.3 Å². The van der Waals surface area contributed by atoms with Crippen molar-refractivity contribution in [2.24, 2.45) is 0 Å². The monoisotopic (exact) mass is 419 g/mol. The molecule has 0 atom stereocenters. The topological polar surface area (TPSA) is 89.0 Å². The van der Waals surface area contributed by atoms with Crippen LogP contribution >= 0.6 is 23.1 Å². The smallest absolute Gasteiger partial charge is 0.241 e. The molecular formula is C18H17N3O3S3. The van der Waals surface area contributed by atoms with Crippen LogP contribution in [0.1, 0.15) is 11.1 Å². The number of anilines is 1. The number of nitrogens with one attached hydrogen (secondary N) is 1. The Bertz CT molecular complexity index is 1020. The zero-order valence-corrected chi connectivity index (χ0v) is 16.9. The number of hydrogen-bond donors (Lipinski definition) is 1. The molecule has 2 aromatic carbocycles. The number of aryl methyl sites for hydroxylation is 1. The van der Waals surface area contributed by atoms with E-state index >= 15 is 0 Å². The van der Waals surface area contributed by atoms with Crippen LogP contribution in [0.5, 0.6) is 0 Å². The van der Waals surface area contributed by atoms with E-state index < -0.39 is 21.5 Å². The first-order valence-electron chi connectivity index (χ1n) is 8.02. The van der Waals surface area contributed by atoms with Gasteiger partial charge in [-0.15, -0.1) is 10.2 Å². The minimum absolute atomic E-state index is 0.125. The van der Waals surface area contributed by atoms with Gasteiger partial charge in [-0.1, -0.05) is 71.1 Å². The summed E-state index contributed by atoms with van der Waals surface area (Å²) in [6.07, 6.45) is 0. The third-order valence-corrected chi connectivity index (χ3v) is 7.23. The van der Waals surface area contributed by atoms with E-state index in [1.54, 1.807) is 12.1 Å². The normalized spacial score (nSPS) is 11.3. The van der Waals surface area contributed by atoms with Crippen molar-refractivity contribution in [3.05, 3.63) is 65.7 Å². The molecule has 0 saturated carbocycles. The average Bonchev–Trinajstić information content (AvgIpc) is 3.08. The van der Waals surface area contributed by atoms with Gasteiger partial charge in [0, 0.05) is 5.75 Å². The van der Waals surface area contributed by atoms with E-state index in [4.69, 9.17) is 0 Å².